The van der Waals surface area contributed by atoms with Gasteiger partial charge in [0.2, 0.25) is 11.5 Å². The van der Waals surface area contributed by atoms with E-state index in [0.717, 1.165) is 29.7 Å². The molecule has 0 fully saturated rings. The number of para-hydroxylation sites is 1. The lowest BCUT2D eigenvalue weighted by Gasteiger charge is -2.16. The van der Waals surface area contributed by atoms with Crippen molar-refractivity contribution in [1.82, 2.24) is 0 Å². The first-order chi connectivity index (χ1) is 9.74. The van der Waals surface area contributed by atoms with Gasteiger partial charge in [0.05, 0.1) is 14.2 Å². The predicted molar refractivity (Wildman–Crippen MR) is 75.1 cm³/mol. The van der Waals surface area contributed by atoms with Crippen molar-refractivity contribution < 1.29 is 19.3 Å². The van der Waals surface area contributed by atoms with Gasteiger partial charge in [-0.05, 0) is 30.5 Å². The van der Waals surface area contributed by atoms with Crippen molar-refractivity contribution in [2.45, 2.75) is 12.8 Å². The first-order valence-corrected chi connectivity index (χ1v) is 6.47. The van der Waals surface area contributed by atoms with Crippen molar-refractivity contribution in [3.63, 3.8) is 0 Å². The molecule has 2 aromatic carbocycles. The molecule has 0 amide bonds. The molecule has 1 aliphatic rings. The summed E-state index contributed by atoms with van der Waals surface area (Å²) in [7, 11) is 3.03. The molecule has 1 aliphatic heterocycles. The Bertz CT molecular complexity index is 649. The van der Waals surface area contributed by atoms with Crippen LogP contribution in [-0.4, -0.2) is 19.3 Å². The molecular weight excluding hydrogens is 256 g/mol. The molecule has 0 aliphatic carbocycles. The van der Waals surface area contributed by atoms with E-state index in [2.05, 4.69) is 0 Å². The number of phenols is 1. The third-order valence-electron chi connectivity index (χ3n) is 3.50. The van der Waals surface area contributed by atoms with Crippen LogP contribution in [0.2, 0.25) is 0 Å². The Kier molecular flexibility index (Phi) is 3.14. The van der Waals surface area contributed by atoms with Crippen LogP contribution >= 0.6 is 0 Å². The van der Waals surface area contributed by atoms with E-state index in [1.807, 2.05) is 24.3 Å². The van der Waals surface area contributed by atoms with Crippen LogP contribution in [0.4, 0.5) is 0 Å². The largest absolute Gasteiger partial charge is 0.504 e. The van der Waals surface area contributed by atoms with Gasteiger partial charge in [0.1, 0.15) is 5.75 Å². The van der Waals surface area contributed by atoms with Crippen LogP contribution in [0.3, 0.4) is 0 Å². The van der Waals surface area contributed by atoms with Crippen molar-refractivity contribution in [3.8, 4) is 28.7 Å². The smallest absolute Gasteiger partial charge is 0.208 e. The fourth-order valence-electron chi connectivity index (χ4n) is 2.53. The normalized spacial score (nSPS) is 12.7. The fraction of sp³-hybridized carbons (Fsp3) is 0.250. The van der Waals surface area contributed by atoms with Crippen molar-refractivity contribution >= 4 is 0 Å². The van der Waals surface area contributed by atoms with Gasteiger partial charge in [-0.15, -0.1) is 0 Å². The summed E-state index contributed by atoms with van der Waals surface area (Å²) in [5.74, 6) is 2.23. The minimum Gasteiger partial charge on any atom is -0.504 e. The van der Waals surface area contributed by atoms with E-state index in [0.29, 0.717) is 17.2 Å². The number of benzene rings is 2. The molecule has 20 heavy (non-hydrogen) atoms. The highest BCUT2D eigenvalue weighted by molar-refractivity contribution is 5.64. The number of hydrogen-bond donors (Lipinski definition) is 1. The van der Waals surface area contributed by atoms with Crippen molar-refractivity contribution in [3.05, 3.63) is 41.5 Å². The molecule has 0 saturated heterocycles. The Labute approximate surface area is 117 Å². The van der Waals surface area contributed by atoms with Crippen molar-refractivity contribution in [2.75, 3.05) is 14.2 Å². The maximum atomic E-state index is 10.0. The average Bonchev–Trinajstić information content (AvgIpc) is 2.65. The molecule has 1 heterocycles. The second-order valence-electron chi connectivity index (χ2n) is 4.66. The molecule has 4 nitrogen and oxygen atoms in total. The Balaban J connectivity index is 2.18. The van der Waals surface area contributed by atoms with Gasteiger partial charge in [0.25, 0.3) is 0 Å². The number of hydrogen-bond acceptors (Lipinski definition) is 4. The molecular formula is C16H16O4. The molecule has 0 atom stereocenters. The fourth-order valence-corrected chi connectivity index (χ4v) is 2.53. The molecule has 104 valence electrons. The molecule has 0 saturated carbocycles. The summed E-state index contributed by atoms with van der Waals surface area (Å²) >= 11 is 0. The molecule has 0 unspecified atom stereocenters. The Morgan fingerprint density at radius 1 is 1.00 bits per heavy atom. The van der Waals surface area contributed by atoms with Crippen LogP contribution in [-0.2, 0) is 12.8 Å². The number of aryl methyl sites for hydroxylation is 2. The summed E-state index contributed by atoms with van der Waals surface area (Å²) in [5.41, 5.74) is 2.06. The number of rotatable bonds is 2. The Hall–Kier alpha value is -2.36. The van der Waals surface area contributed by atoms with Crippen LogP contribution in [0.1, 0.15) is 11.1 Å². The zero-order valence-corrected chi connectivity index (χ0v) is 11.5. The molecule has 0 spiro atoms. The van der Waals surface area contributed by atoms with E-state index in [1.165, 1.54) is 14.2 Å². The quantitative estimate of drug-likeness (QED) is 0.911. The maximum Gasteiger partial charge on any atom is 0.208 e. The third kappa shape index (κ3) is 1.93. The molecule has 0 aromatic heterocycles. The van der Waals surface area contributed by atoms with Gasteiger partial charge in [0.15, 0.2) is 11.5 Å². The summed E-state index contributed by atoms with van der Waals surface area (Å²) < 4.78 is 16.6. The molecule has 1 N–H and O–H groups in total. The maximum absolute atomic E-state index is 10.0. The van der Waals surface area contributed by atoms with Gasteiger partial charge in [-0.3, -0.25) is 0 Å². The van der Waals surface area contributed by atoms with E-state index in [1.54, 1.807) is 6.07 Å². The van der Waals surface area contributed by atoms with Gasteiger partial charge >= 0.3 is 0 Å². The molecule has 0 bridgehead atoms. The summed E-state index contributed by atoms with van der Waals surface area (Å²) in [5, 5.41) is 10.0. The number of fused-ring (bicyclic) bond motifs is 2. The van der Waals surface area contributed by atoms with E-state index in [4.69, 9.17) is 14.2 Å². The molecule has 2 aromatic rings. The first-order valence-electron chi connectivity index (χ1n) is 6.47. The highest BCUT2D eigenvalue weighted by Crippen LogP contribution is 2.49. The van der Waals surface area contributed by atoms with E-state index < -0.39 is 0 Å². The summed E-state index contributed by atoms with van der Waals surface area (Å²) in [6.07, 6.45) is 1.64. The number of aromatic hydroxyl groups is 1. The van der Waals surface area contributed by atoms with Gasteiger partial charge < -0.3 is 19.3 Å². The lowest BCUT2D eigenvalue weighted by Crippen LogP contribution is -1.97. The van der Waals surface area contributed by atoms with Gasteiger partial charge in [-0.25, -0.2) is 0 Å². The second kappa shape index (κ2) is 4.96. The van der Waals surface area contributed by atoms with Crippen LogP contribution < -0.4 is 14.2 Å². The lowest BCUT2D eigenvalue weighted by molar-refractivity contribution is 0.318. The predicted octanol–water partition coefficient (Wildman–Crippen LogP) is 3.30. The summed E-state index contributed by atoms with van der Waals surface area (Å²) in [6, 6.07) is 9.60. The minimum atomic E-state index is 0.0673. The Morgan fingerprint density at radius 2 is 1.70 bits per heavy atom. The van der Waals surface area contributed by atoms with Crippen molar-refractivity contribution in [1.29, 1.82) is 0 Å². The van der Waals surface area contributed by atoms with Gasteiger partial charge in [-0.1, -0.05) is 18.2 Å². The number of ether oxygens (including phenoxy) is 3. The first kappa shape index (κ1) is 12.7. The second-order valence-corrected chi connectivity index (χ2v) is 4.66. The van der Waals surface area contributed by atoms with Crippen LogP contribution in [0.15, 0.2) is 30.3 Å². The number of methoxy groups -OCH3 is 2. The zero-order valence-electron chi connectivity index (χ0n) is 11.5. The molecule has 0 radical (unpaired) electrons. The standard InChI is InChI=1S/C16H16O4/c1-18-15-12(17)9-11-8-7-10-5-3-4-6-13(10)20-14(11)16(15)19-2/h3-6,9,17H,7-8H2,1-2H3. The lowest BCUT2D eigenvalue weighted by atomic mass is 10.0. The summed E-state index contributed by atoms with van der Waals surface area (Å²) in [6.45, 7) is 0. The highest BCUT2D eigenvalue weighted by atomic mass is 16.5. The number of phenolic OH excluding ortho intramolecular Hbond substituents is 1. The van der Waals surface area contributed by atoms with Crippen LogP contribution in [0.25, 0.3) is 0 Å². The average molecular weight is 272 g/mol. The van der Waals surface area contributed by atoms with E-state index >= 15 is 0 Å². The summed E-state index contributed by atoms with van der Waals surface area (Å²) in [4.78, 5) is 0. The monoisotopic (exact) mass is 272 g/mol. The topological polar surface area (TPSA) is 47.9 Å². The molecule has 3 rings (SSSR count). The van der Waals surface area contributed by atoms with E-state index in [9.17, 15) is 5.11 Å². The zero-order chi connectivity index (χ0) is 14.1. The van der Waals surface area contributed by atoms with Gasteiger partial charge in [-0.2, -0.15) is 0 Å². The van der Waals surface area contributed by atoms with Crippen LogP contribution in [0.5, 0.6) is 28.7 Å². The minimum absolute atomic E-state index is 0.0673. The van der Waals surface area contributed by atoms with E-state index in [-0.39, 0.29) is 5.75 Å². The molecule has 4 heteroatoms. The SMILES string of the molecule is COc1c(O)cc2c(c1OC)Oc1ccccc1CC2. The Morgan fingerprint density at radius 3 is 2.45 bits per heavy atom. The third-order valence-corrected chi connectivity index (χ3v) is 3.50. The van der Waals surface area contributed by atoms with Gasteiger partial charge in [0, 0.05) is 5.56 Å². The van der Waals surface area contributed by atoms with Crippen molar-refractivity contribution in [2.24, 2.45) is 0 Å². The highest BCUT2D eigenvalue weighted by Gasteiger charge is 2.24. The van der Waals surface area contributed by atoms with Crippen LogP contribution in [0, 0.1) is 0 Å².